The van der Waals surface area contributed by atoms with E-state index in [9.17, 15) is 0 Å². The third-order valence-corrected chi connectivity index (χ3v) is 5.35. The number of anilines is 1. The molecule has 122 valence electrons. The minimum atomic E-state index is 0.573. The van der Waals surface area contributed by atoms with E-state index >= 15 is 0 Å². The molecule has 0 spiro atoms. The molecule has 1 fully saturated rings. The maximum Gasteiger partial charge on any atom is 0.0732 e. The van der Waals surface area contributed by atoms with Crippen molar-refractivity contribution >= 4 is 39.8 Å². The fraction of sp³-hybridized carbons (Fsp3) is 0.250. The summed E-state index contributed by atoms with van der Waals surface area (Å²) >= 11 is 12.2. The number of benzene rings is 2. The lowest BCUT2D eigenvalue weighted by Gasteiger charge is -2.20. The summed E-state index contributed by atoms with van der Waals surface area (Å²) in [6.45, 7) is 4.32. The van der Waals surface area contributed by atoms with Crippen LogP contribution in [-0.4, -0.2) is 18.1 Å². The molecular weight excluding hydrogens is 339 g/mol. The Balaban J connectivity index is 1.84. The predicted octanol–water partition coefficient (Wildman–Crippen LogP) is 6.12. The Morgan fingerprint density at radius 3 is 2.33 bits per heavy atom. The van der Waals surface area contributed by atoms with Crippen LogP contribution in [0, 0.1) is 6.92 Å². The summed E-state index contributed by atoms with van der Waals surface area (Å²) in [6, 6.07) is 14.4. The van der Waals surface area contributed by atoms with E-state index in [2.05, 4.69) is 36.1 Å². The third-order valence-electron chi connectivity index (χ3n) is 4.62. The topological polar surface area (TPSA) is 16.1 Å². The number of nitrogens with zero attached hydrogens (tertiary/aromatic N) is 2. The molecule has 0 saturated carbocycles. The molecule has 0 unspecified atom stereocenters. The van der Waals surface area contributed by atoms with Gasteiger partial charge in [-0.2, -0.15) is 0 Å². The number of aryl methyl sites for hydroxylation is 1. The Bertz CT molecular complexity index is 915. The smallest absolute Gasteiger partial charge is 0.0732 e. The SMILES string of the molecule is Cc1cc(N2CCCC2)c2ccc(-c3ccc(Cl)c(Cl)c3)cc2n1. The summed E-state index contributed by atoms with van der Waals surface area (Å²) < 4.78 is 0. The number of hydrogen-bond acceptors (Lipinski definition) is 2. The minimum absolute atomic E-state index is 0.573. The first-order valence-electron chi connectivity index (χ1n) is 8.23. The molecule has 0 N–H and O–H groups in total. The molecule has 2 nitrogen and oxygen atoms in total. The number of aromatic nitrogens is 1. The molecule has 3 aromatic rings. The number of halogens is 2. The van der Waals surface area contributed by atoms with Crippen LogP contribution in [-0.2, 0) is 0 Å². The van der Waals surface area contributed by atoms with Crippen LogP contribution in [0.2, 0.25) is 10.0 Å². The zero-order valence-corrected chi connectivity index (χ0v) is 15.0. The summed E-state index contributed by atoms with van der Waals surface area (Å²) in [4.78, 5) is 7.22. The molecule has 0 aliphatic carbocycles. The maximum atomic E-state index is 6.16. The zero-order chi connectivity index (χ0) is 16.7. The lowest BCUT2D eigenvalue weighted by atomic mass is 10.0. The predicted molar refractivity (Wildman–Crippen MR) is 103 cm³/mol. The van der Waals surface area contributed by atoms with Gasteiger partial charge in [-0.05, 0) is 55.2 Å². The van der Waals surface area contributed by atoms with E-state index in [0.29, 0.717) is 10.0 Å². The van der Waals surface area contributed by atoms with Crippen LogP contribution in [0.3, 0.4) is 0 Å². The van der Waals surface area contributed by atoms with E-state index in [0.717, 1.165) is 35.4 Å². The second-order valence-corrected chi connectivity index (χ2v) is 7.15. The Labute approximate surface area is 152 Å². The van der Waals surface area contributed by atoms with Crippen molar-refractivity contribution < 1.29 is 0 Å². The van der Waals surface area contributed by atoms with Crippen LogP contribution in [0.15, 0.2) is 42.5 Å². The Morgan fingerprint density at radius 2 is 1.58 bits per heavy atom. The number of hydrogen-bond donors (Lipinski definition) is 0. The highest BCUT2D eigenvalue weighted by Crippen LogP contribution is 2.34. The van der Waals surface area contributed by atoms with Crippen LogP contribution in [0.1, 0.15) is 18.5 Å². The lowest BCUT2D eigenvalue weighted by Crippen LogP contribution is -2.18. The van der Waals surface area contributed by atoms with Gasteiger partial charge in [-0.3, -0.25) is 4.98 Å². The second-order valence-electron chi connectivity index (χ2n) is 6.34. The van der Waals surface area contributed by atoms with Gasteiger partial charge in [-0.1, -0.05) is 41.4 Å². The van der Waals surface area contributed by atoms with Crippen molar-refractivity contribution in [3.8, 4) is 11.1 Å². The molecule has 0 bridgehead atoms. The molecule has 0 atom stereocenters. The molecule has 0 amide bonds. The number of rotatable bonds is 2. The number of fused-ring (bicyclic) bond motifs is 1. The molecule has 0 radical (unpaired) electrons. The van der Waals surface area contributed by atoms with Crippen molar-refractivity contribution in [3.05, 3.63) is 58.2 Å². The highest BCUT2D eigenvalue weighted by molar-refractivity contribution is 6.42. The van der Waals surface area contributed by atoms with Crippen LogP contribution < -0.4 is 4.90 Å². The highest BCUT2D eigenvalue weighted by atomic mass is 35.5. The third kappa shape index (κ3) is 2.85. The van der Waals surface area contributed by atoms with Crippen LogP contribution in [0.5, 0.6) is 0 Å². The first-order chi connectivity index (χ1) is 11.6. The van der Waals surface area contributed by atoms with Crippen molar-refractivity contribution in [1.29, 1.82) is 0 Å². The lowest BCUT2D eigenvalue weighted by molar-refractivity contribution is 0.949. The van der Waals surface area contributed by atoms with Crippen LogP contribution in [0.4, 0.5) is 5.69 Å². The summed E-state index contributed by atoms with van der Waals surface area (Å²) in [5.74, 6) is 0. The summed E-state index contributed by atoms with van der Waals surface area (Å²) in [5.41, 5.74) is 5.54. The molecule has 24 heavy (non-hydrogen) atoms. The van der Waals surface area contributed by atoms with Gasteiger partial charge in [-0.15, -0.1) is 0 Å². The molecule has 1 aliphatic rings. The van der Waals surface area contributed by atoms with Gasteiger partial charge in [0.25, 0.3) is 0 Å². The van der Waals surface area contributed by atoms with E-state index in [1.54, 1.807) is 0 Å². The quantitative estimate of drug-likeness (QED) is 0.549. The minimum Gasteiger partial charge on any atom is -0.371 e. The summed E-state index contributed by atoms with van der Waals surface area (Å²) in [6.07, 6.45) is 2.54. The number of pyridine rings is 1. The molecule has 4 rings (SSSR count). The van der Waals surface area contributed by atoms with Gasteiger partial charge >= 0.3 is 0 Å². The van der Waals surface area contributed by atoms with Gasteiger partial charge in [-0.25, -0.2) is 0 Å². The van der Waals surface area contributed by atoms with Gasteiger partial charge in [0.1, 0.15) is 0 Å². The molecule has 1 aliphatic heterocycles. The molecule has 4 heteroatoms. The van der Waals surface area contributed by atoms with Crippen LogP contribution >= 0.6 is 23.2 Å². The zero-order valence-electron chi connectivity index (χ0n) is 13.5. The average Bonchev–Trinajstić information content (AvgIpc) is 3.10. The molecule has 1 aromatic heterocycles. The molecule has 2 aromatic carbocycles. The largest absolute Gasteiger partial charge is 0.371 e. The Hall–Kier alpha value is -1.77. The standard InChI is InChI=1S/C20H18Cl2N2/c1-13-10-20(24-8-2-3-9-24)16-6-4-15(12-19(16)23-13)14-5-7-17(21)18(22)11-14/h4-7,10-12H,2-3,8-9H2,1H3. The summed E-state index contributed by atoms with van der Waals surface area (Å²) in [7, 11) is 0. The van der Waals surface area contributed by atoms with E-state index in [4.69, 9.17) is 28.2 Å². The first-order valence-corrected chi connectivity index (χ1v) is 8.99. The fourth-order valence-corrected chi connectivity index (χ4v) is 3.71. The van der Waals surface area contributed by atoms with Crippen molar-refractivity contribution in [2.45, 2.75) is 19.8 Å². The van der Waals surface area contributed by atoms with Gasteiger partial charge < -0.3 is 4.90 Å². The Kier molecular flexibility index (Phi) is 4.11. The van der Waals surface area contributed by atoms with E-state index < -0.39 is 0 Å². The van der Waals surface area contributed by atoms with Gasteiger partial charge in [0, 0.05) is 29.9 Å². The second kappa shape index (κ2) is 6.27. The van der Waals surface area contributed by atoms with Crippen molar-refractivity contribution in [2.75, 3.05) is 18.0 Å². The van der Waals surface area contributed by atoms with E-state index in [1.807, 2.05) is 18.2 Å². The monoisotopic (exact) mass is 356 g/mol. The normalized spacial score (nSPS) is 14.5. The summed E-state index contributed by atoms with van der Waals surface area (Å²) in [5, 5.41) is 2.36. The van der Waals surface area contributed by atoms with Crippen molar-refractivity contribution in [1.82, 2.24) is 4.98 Å². The van der Waals surface area contributed by atoms with Gasteiger partial charge in [0.2, 0.25) is 0 Å². The van der Waals surface area contributed by atoms with Crippen LogP contribution in [0.25, 0.3) is 22.0 Å². The Morgan fingerprint density at radius 1 is 0.875 bits per heavy atom. The molecular formula is C20H18Cl2N2. The average molecular weight is 357 g/mol. The molecule has 1 saturated heterocycles. The van der Waals surface area contributed by atoms with Crippen molar-refractivity contribution in [2.24, 2.45) is 0 Å². The highest BCUT2D eigenvalue weighted by Gasteiger charge is 2.16. The van der Waals surface area contributed by atoms with Gasteiger partial charge in [0.15, 0.2) is 0 Å². The molecule has 2 heterocycles. The van der Waals surface area contributed by atoms with Crippen molar-refractivity contribution in [3.63, 3.8) is 0 Å². The first kappa shape index (κ1) is 15.7. The fourth-order valence-electron chi connectivity index (χ4n) is 3.41. The van der Waals surface area contributed by atoms with E-state index in [1.165, 1.54) is 23.9 Å². The maximum absolute atomic E-state index is 6.16. The van der Waals surface area contributed by atoms with E-state index in [-0.39, 0.29) is 0 Å². The van der Waals surface area contributed by atoms with Gasteiger partial charge in [0.05, 0.1) is 15.6 Å².